The molecule has 1 unspecified atom stereocenters. The fourth-order valence-corrected chi connectivity index (χ4v) is 2.79. The summed E-state index contributed by atoms with van der Waals surface area (Å²) in [5.74, 6) is 1.15. The van der Waals surface area contributed by atoms with E-state index in [0.29, 0.717) is 11.7 Å². The van der Waals surface area contributed by atoms with Crippen molar-refractivity contribution in [1.82, 2.24) is 15.1 Å². The van der Waals surface area contributed by atoms with Crippen molar-refractivity contribution < 1.29 is 4.52 Å². The third-order valence-corrected chi connectivity index (χ3v) is 3.93. The first-order chi connectivity index (χ1) is 10.1. The number of anilines is 1. The first-order valence-electron chi connectivity index (χ1n) is 6.72. The van der Waals surface area contributed by atoms with Crippen LogP contribution in [-0.2, 0) is 0 Å². The number of thiazole rings is 1. The number of aryl methyl sites for hydroxylation is 2. The van der Waals surface area contributed by atoms with Gasteiger partial charge in [0.1, 0.15) is 0 Å². The first-order valence-corrected chi connectivity index (χ1v) is 7.59. The maximum Gasteiger partial charge on any atom is 0.260 e. The van der Waals surface area contributed by atoms with Gasteiger partial charge < -0.3 is 9.84 Å². The van der Waals surface area contributed by atoms with E-state index in [2.05, 4.69) is 32.7 Å². The third-order valence-electron chi connectivity index (χ3n) is 3.14. The molecule has 1 N–H and O–H groups in total. The molecule has 1 atom stereocenters. The largest absolute Gasteiger partial charge is 0.376 e. The first kappa shape index (κ1) is 13.8. The highest BCUT2D eigenvalue weighted by atomic mass is 32.1. The molecule has 0 amide bonds. The highest BCUT2D eigenvalue weighted by Gasteiger charge is 2.14. The van der Waals surface area contributed by atoms with Gasteiger partial charge in [-0.1, -0.05) is 17.3 Å². The number of rotatable bonds is 4. The van der Waals surface area contributed by atoms with Crippen molar-refractivity contribution in [3.8, 4) is 11.5 Å². The van der Waals surface area contributed by atoms with Crippen LogP contribution in [0, 0.1) is 13.8 Å². The molecule has 0 radical (unpaired) electrons. The van der Waals surface area contributed by atoms with Crippen LogP contribution >= 0.6 is 11.3 Å². The van der Waals surface area contributed by atoms with Gasteiger partial charge in [-0.2, -0.15) is 4.98 Å². The van der Waals surface area contributed by atoms with Crippen LogP contribution in [0.5, 0.6) is 0 Å². The van der Waals surface area contributed by atoms with Crippen LogP contribution in [0.3, 0.4) is 0 Å². The van der Waals surface area contributed by atoms with Crippen LogP contribution in [0.15, 0.2) is 34.2 Å². The van der Waals surface area contributed by atoms with E-state index < -0.39 is 0 Å². The molecule has 0 fully saturated rings. The smallest absolute Gasteiger partial charge is 0.260 e. The SMILES string of the molecule is Cc1noc(-c2ccccc2NC(C)c2csc(C)n2)n1. The summed E-state index contributed by atoms with van der Waals surface area (Å²) in [6, 6.07) is 8.02. The lowest BCUT2D eigenvalue weighted by Crippen LogP contribution is -2.08. The number of para-hydroxylation sites is 1. The zero-order valence-corrected chi connectivity index (χ0v) is 12.9. The van der Waals surface area contributed by atoms with Crippen LogP contribution < -0.4 is 5.32 Å². The topological polar surface area (TPSA) is 63.8 Å². The Bertz CT molecular complexity index is 749. The molecule has 0 saturated heterocycles. The lowest BCUT2D eigenvalue weighted by molar-refractivity contribution is 0.425. The van der Waals surface area contributed by atoms with Gasteiger partial charge in [-0.25, -0.2) is 4.98 Å². The molecule has 6 heteroatoms. The van der Waals surface area contributed by atoms with E-state index in [1.807, 2.05) is 38.1 Å². The quantitative estimate of drug-likeness (QED) is 0.789. The lowest BCUT2D eigenvalue weighted by Gasteiger charge is -2.15. The molecule has 0 saturated carbocycles. The van der Waals surface area contributed by atoms with Gasteiger partial charge in [0.2, 0.25) is 0 Å². The van der Waals surface area contributed by atoms with Crippen molar-refractivity contribution in [3.05, 3.63) is 46.2 Å². The normalized spacial score (nSPS) is 12.3. The Balaban J connectivity index is 1.89. The second-order valence-corrected chi connectivity index (χ2v) is 5.91. The number of nitrogens with zero attached hydrogens (tertiary/aromatic N) is 3. The molecule has 2 aromatic heterocycles. The average molecular weight is 300 g/mol. The van der Waals surface area contributed by atoms with E-state index in [1.165, 1.54) is 0 Å². The molecule has 0 aliphatic heterocycles. The van der Waals surface area contributed by atoms with Crippen molar-refractivity contribution >= 4 is 17.0 Å². The molecule has 5 nitrogen and oxygen atoms in total. The van der Waals surface area contributed by atoms with E-state index in [1.54, 1.807) is 11.3 Å². The molecule has 1 aromatic carbocycles. The zero-order chi connectivity index (χ0) is 14.8. The summed E-state index contributed by atoms with van der Waals surface area (Å²) >= 11 is 1.66. The molecule has 0 aliphatic rings. The minimum atomic E-state index is 0.111. The monoisotopic (exact) mass is 300 g/mol. The number of hydrogen-bond acceptors (Lipinski definition) is 6. The van der Waals surface area contributed by atoms with Crippen LogP contribution in [0.2, 0.25) is 0 Å². The van der Waals surface area contributed by atoms with E-state index in [0.717, 1.165) is 22.0 Å². The van der Waals surface area contributed by atoms with Gasteiger partial charge in [0.25, 0.3) is 5.89 Å². The van der Waals surface area contributed by atoms with Crippen LogP contribution in [0.4, 0.5) is 5.69 Å². The Morgan fingerprint density at radius 3 is 2.67 bits per heavy atom. The average Bonchev–Trinajstić information content (AvgIpc) is 3.08. The second kappa shape index (κ2) is 5.65. The number of nitrogens with one attached hydrogen (secondary N) is 1. The van der Waals surface area contributed by atoms with Crippen molar-refractivity contribution in [2.75, 3.05) is 5.32 Å². The summed E-state index contributed by atoms with van der Waals surface area (Å²) in [5, 5.41) is 10.5. The van der Waals surface area contributed by atoms with E-state index in [4.69, 9.17) is 4.52 Å². The number of hydrogen-bond donors (Lipinski definition) is 1. The van der Waals surface area contributed by atoms with Crippen LogP contribution in [0.25, 0.3) is 11.5 Å². The molecular formula is C15H16N4OS. The van der Waals surface area contributed by atoms with Gasteiger partial charge >= 0.3 is 0 Å². The van der Waals surface area contributed by atoms with Crippen molar-refractivity contribution in [2.24, 2.45) is 0 Å². The molecule has 3 aromatic rings. The summed E-state index contributed by atoms with van der Waals surface area (Å²) < 4.78 is 5.27. The van der Waals surface area contributed by atoms with Gasteiger partial charge in [0, 0.05) is 11.1 Å². The summed E-state index contributed by atoms with van der Waals surface area (Å²) in [5.41, 5.74) is 2.89. The molecule has 0 bridgehead atoms. The maximum absolute atomic E-state index is 5.27. The summed E-state index contributed by atoms with van der Waals surface area (Å²) in [6.07, 6.45) is 0. The van der Waals surface area contributed by atoms with Crippen molar-refractivity contribution in [3.63, 3.8) is 0 Å². The van der Waals surface area contributed by atoms with E-state index >= 15 is 0 Å². The summed E-state index contributed by atoms with van der Waals surface area (Å²) in [7, 11) is 0. The van der Waals surface area contributed by atoms with Gasteiger partial charge in [-0.15, -0.1) is 11.3 Å². The standard InChI is InChI=1S/C15H16N4OS/c1-9(14-8-21-11(3)18-14)16-13-7-5-4-6-12(13)15-17-10(2)19-20-15/h4-9,16H,1-3H3. The Morgan fingerprint density at radius 2 is 2.00 bits per heavy atom. The second-order valence-electron chi connectivity index (χ2n) is 4.85. The van der Waals surface area contributed by atoms with Crippen LogP contribution in [0.1, 0.15) is 29.5 Å². The molecule has 0 aliphatic carbocycles. The Kier molecular flexibility index (Phi) is 3.70. The Morgan fingerprint density at radius 1 is 1.19 bits per heavy atom. The van der Waals surface area contributed by atoms with Gasteiger partial charge in [-0.3, -0.25) is 0 Å². The zero-order valence-electron chi connectivity index (χ0n) is 12.1. The molecule has 0 spiro atoms. The predicted molar refractivity (Wildman–Crippen MR) is 83.4 cm³/mol. The van der Waals surface area contributed by atoms with Gasteiger partial charge in [-0.05, 0) is 32.9 Å². The fourth-order valence-electron chi connectivity index (χ4n) is 2.09. The predicted octanol–water partition coefficient (Wildman–Crippen LogP) is 3.98. The highest BCUT2D eigenvalue weighted by molar-refractivity contribution is 7.09. The van der Waals surface area contributed by atoms with E-state index in [9.17, 15) is 0 Å². The van der Waals surface area contributed by atoms with Crippen molar-refractivity contribution in [2.45, 2.75) is 26.8 Å². The van der Waals surface area contributed by atoms with E-state index in [-0.39, 0.29) is 6.04 Å². The summed E-state index contributed by atoms with van der Waals surface area (Å²) in [6.45, 7) is 5.91. The molecular weight excluding hydrogens is 284 g/mol. The molecule has 108 valence electrons. The maximum atomic E-state index is 5.27. The van der Waals surface area contributed by atoms with Gasteiger partial charge in [0.05, 0.1) is 22.3 Å². The third kappa shape index (κ3) is 2.95. The van der Waals surface area contributed by atoms with Crippen LogP contribution in [-0.4, -0.2) is 15.1 Å². The van der Waals surface area contributed by atoms with Gasteiger partial charge in [0.15, 0.2) is 5.82 Å². The number of aromatic nitrogens is 3. The highest BCUT2D eigenvalue weighted by Crippen LogP contribution is 2.29. The molecule has 21 heavy (non-hydrogen) atoms. The Labute approximate surface area is 127 Å². The lowest BCUT2D eigenvalue weighted by atomic mass is 10.1. The fraction of sp³-hybridized carbons (Fsp3) is 0.267. The van der Waals surface area contributed by atoms with Crippen molar-refractivity contribution in [1.29, 1.82) is 0 Å². The minimum Gasteiger partial charge on any atom is -0.376 e. The molecule has 2 heterocycles. The Hall–Kier alpha value is -2.21. The number of benzene rings is 1. The summed E-state index contributed by atoms with van der Waals surface area (Å²) in [4.78, 5) is 8.81. The minimum absolute atomic E-state index is 0.111. The molecule has 3 rings (SSSR count).